The quantitative estimate of drug-likeness (QED) is 0.532. The van der Waals surface area contributed by atoms with Gasteiger partial charge in [0, 0.05) is 17.8 Å². The highest BCUT2D eigenvalue weighted by atomic mass is 16.5. The summed E-state index contributed by atoms with van der Waals surface area (Å²) in [5.41, 5.74) is 2.20. The molecule has 134 valence electrons. The maximum atomic E-state index is 5.91. The van der Waals surface area contributed by atoms with Gasteiger partial charge in [0.2, 0.25) is 0 Å². The molecule has 0 atom stereocenters. The first-order chi connectivity index (χ1) is 12.7. The molecule has 1 N–H and O–H groups in total. The Labute approximate surface area is 155 Å². The molecule has 0 amide bonds. The monoisotopic (exact) mass is 347 g/mol. The molecule has 0 aliphatic heterocycles. The first-order valence-electron chi connectivity index (χ1n) is 8.98. The van der Waals surface area contributed by atoms with E-state index in [9.17, 15) is 0 Å². The molecule has 0 fully saturated rings. The van der Waals surface area contributed by atoms with Crippen LogP contribution in [-0.4, -0.2) is 6.61 Å². The van der Waals surface area contributed by atoms with E-state index in [2.05, 4.69) is 25.2 Å². The third kappa shape index (κ3) is 5.28. The second-order valence-electron chi connectivity index (χ2n) is 6.61. The summed E-state index contributed by atoms with van der Waals surface area (Å²) in [5.74, 6) is 3.11. The van der Waals surface area contributed by atoms with E-state index in [1.807, 2.05) is 72.8 Å². The number of benzene rings is 3. The van der Waals surface area contributed by atoms with Crippen molar-refractivity contribution in [3.05, 3.63) is 84.4 Å². The topological polar surface area (TPSA) is 30.5 Å². The predicted octanol–water partition coefficient (Wildman–Crippen LogP) is 6.13. The normalized spacial score (nSPS) is 10.6. The van der Waals surface area contributed by atoms with Crippen molar-refractivity contribution in [1.29, 1.82) is 0 Å². The summed E-state index contributed by atoms with van der Waals surface area (Å²) in [6.45, 7) is 5.75. The highest BCUT2D eigenvalue weighted by Gasteiger charge is 2.04. The van der Waals surface area contributed by atoms with Crippen molar-refractivity contribution in [2.24, 2.45) is 5.92 Å². The molecule has 0 saturated heterocycles. The van der Waals surface area contributed by atoms with E-state index in [0.717, 1.165) is 35.1 Å². The van der Waals surface area contributed by atoms with Crippen LogP contribution in [0.3, 0.4) is 0 Å². The molecule has 0 bridgehead atoms. The van der Waals surface area contributed by atoms with Crippen LogP contribution in [0.5, 0.6) is 17.2 Å². The summed E-state index contributed by atoms with van der Waals surface area (Å²) in [7, 11) is 0. The van der Waals surface area contributed by atoms with Crippen LogP contribution in [0, 0.1) is 5.92 Å². The van der Waals surface area contributed by atoms with Gasteiger partial charge in [-0.1, -0.05) is 50.2 Å². The molecular weight excluding hydrogens is 322 g/mol. The van der Waals surface area contributed by atoms with Crippen LogP contribution in [0.15, 0.2) is 78.9 Å². The lowest BCUT2D eigenvalue weighted by atomic mass is 10.2. The van der Waals surface area contributed by atoms with Crippen molar-refractivity contribution >= 4 is 5.69 Å². The van der Waals surface area contributed by atoms with E-state index in [-0.39, 0.29) is 0 Å². The fourth-order valence-corrected chi connectivity index (χ4v) is 2.51. The highest BCUT2D eigenvalue weighted by Crippen LogP contribution is 2.24. The van der Waals surface area contributed by atoms with Crippen molar-refractivity contribution in [2.75, 3.05) is 11.9 Å². The highest BCUT2D eigenvalue weighted by molar-refractivity contribution is 5.48. The third-order valence-electron chi connectivity index (χ3n) is 3.86. The minimum Gasteiger partial charge on any atom is -0.493 e. The summed E-state index contributed by atoms with van der Waals surface area (Å²) in [6.07, 6.45) is 0. The van der Waals surface area contributed by atoms with Gasteiger partial charge in [-0.2, -0.15) is 0 Å². The third-order valence-corrected chi connectivity index (χ3v) is 3.86. The Hall–Kier alpha value is -2.94. The summed E-state index contributed by atoms with van der Waals surface area (Å²) in [6, 6.07) is 25.9. The molecule has 0 saturated carbocycles. The zero-order valence-electron chi connectivity index (χ0n) is 15.3. The minimum atomic E-state index is 0.508. The molecule has 26 heavy (non-hydrogen) atoms. The Morgan fingerprint density at radius 3 is 2.15 bits per heavy atom. The predicted molar refractivity (Wildman–Crippen MR) is 107 cm³/mol. The number of nitrogens with one attached hydrogen (secondary N) is 1. The number of hydrogen-bond donors (Lipinski definition) is 1. The number of hydrogen-bond acceptors (Lipinski definition) is 3. The first-order valence-corrected chi connectivity index (χ1v) is 8.98. The lowest BCUT2D eigenvalue weighted by Crippen LogP contribution is -2.08. The molecular formula is C23H25NO2. The van der Waals surface area contributed by atoms with Gasteiger partial charge >= 0.3 is 0 Å². The molecule has 3 rings (SSSR count). The van der Waals surface area contributed by atoms with Gasteiger partial charge in [-0.05, 0) is 48.4 Å². The lowest BCUT2D eigenvalue weighted by molar-refractivity contribution is 0.269. The largest absolute Gasteiger partial charge is 0.493 e. The number of para-hydroxylation sites is 2. The Bertz CT molecular complexity index is 798. The van der Waals surface area contributed by atoms with E-state index in [4.69, 9.17) is 9.47 Å². The Morgan fingerprint density at radius 1 is 0.769 bits per heavy atom. The van der Waals surface area contributed by atoms with Gasteiger partial charge in [-0.3, -0.25) is 0 Å². The van der Waals surface area contributed by atoms with Crippen LogP contribution in [-0.2, 0) is 6.54 Å². The Morgan fingerprint density at radius 2 is 1.42 bits per heavy atom. The second kappa shape index (κ2) is 8.95. The van der Waals surface area contributed by atoms with Crippen LogP contribution in [0.1, 0.15) is 19.4 Å². The van der Waals surface area contributed by atoms with Crippen molar-refractivity contribution in [1.82, 2.24) is 0 Å². The molecule has 0 radical (unpaired) electrons. The smallest absolute Gasteiger partial charge is 0.127 e. The SMILES string of the molecule is CC(C)COc1ccccc1CNc1ccc(Oc2ccccc2)cc1. The van der Waals surface area contributed by atoms with Gasteiger partial charge < -0.3 is 14.8 Å². The van der Waals surface area contributed by atoms with Crippen LogP contribution < -0.4 is 14.8 Å². The fraction of sp³-hybridized carbons (Fsp3) is 0.217. The van der Waals surface area contributed by atoms with Gasteiger partial charge in [-0.15, -0.1) is 0 Å². The summed E-state index contributed by atoms with van der Waals surface area (Å²) in [4.78, 5) is 0. The number of ether oxygens (including phenoxy) is 2. The molecule has 0 heterocycles. The summed E-state index contributed by atoms with van der Waals surface area (Å²) < 4.78 is 11.7. The van der Waals surface area contributed by atoms with E-state index in [0.29, 0.717) is 12.5 Å². The average molecular weight is 347 g/mol. The molecule has 3 aromatic carbocycles. The van der Waals surface area contributed by atoms with Gasteiger partial charge in [0.15, 0.2) is 0 Å². The van der Waals surface area contributed by atoms with Crippen LogP contribution in [0.25, 0.3) is 0 Å². The molecule has 0 aliphatic rings. The van der Waals surface area contributed by atoms with Crippen molar-refractivity contribution in [3.8, 4) is 17.2 Å². The minimum absolute atomic E-state index is 0.508. The van der Waals surface area contributed by atoms with Crippen LogP contribution in [0.4, 0.5) is 5.69 Å². The Balaban J connectivity index is 1.58. The average Bonchev–Trinajstić information content (AvgIpc) is 2.67. The molecule has 0 aromatic heterocycles. The van der Waals surface area contributed by atoms with E-state index < -0.39 is 0 Å². The van der Waals surface area contributed by atoms with Gasteiger partial charge in [0.05, 0.1) is 6.61 Å². The van der Waals surface area contributed by atoms with Gasteiger partial charge in [0.25, 0.3) is 0 Å². The standard InChI is InChI=1S/C23H25NO2/c1-18(2)17-25-23-11-7-6-8-19(23)16-24-20-12-14-22(15-13-20)26-21-9-4-3-5-10-21/h3-15,18,24H,16-17H2,1-2H3. The van der Waals surface area contributed by atoms with Crippen LogP contribution >= 0.6 is 0 Å². The first kappa shape index (κ1) is 17.9. The Kier molecular flexibility index (Phi) is 6.15. The summed E-state index contributed by atoms with van der Waals surface area (Å²) >= 11 is 0. The maximum Gasteiger partial charge on any atom is 0.127 e. The fourth-order valence-electron chi connectivity index (χ4n) is 2.51. The molecule has 3 nitrogen and oxygen atoms in total. The molecule has 3 aromatic rings. The number of rotatable bonds is 8. The molecule has 0 spiro atoms. The lowest BCUT2D eigenvalue weighted by Gasteiger charge is -2.14. The van der Waals surface area contributed by atoms with Crippen molar-refractivity contribution in [2.45, 2.75) is 20.4 Å². The van der Waals surface area contributed by atoms with Crippen molar-refractivity contribution < 1.29 is 9.47 Å². The molecule has 0 aliphatic carbocycles. The van der Waals surface area contributed by atoms with Gasteiger partial charge in [-0.25, -0.2) is 0 Å². The van der Waals surface area contributed by atoms with E-state index in [1.54, 1.807) is 0 Å². The maximum absolute atomic E-state index is 5.91. The second-order valence-corrected chi connectivity index (χ2v) is 6.61. The van der Waals surface area contributed by atoms with Crippen LogP contribution in [0.2, 0.25) is 0 Å². The van der Waals surface area contributed by atoms with E-state index >= 15 is 0 Å². The zero-order valence-corrected chi connectivity index (χ0v) is 15.3. The molecule has 3 heteroatoms. The number of anilines is 1. The van der Waals surface area contributed by atoms with Gasteiger partial charge in [0.1, 0.15) is 17.2 Å². The molecule has 0 unspecified atom stereocenters. The van der Waals surface area contributed by atoms with Crippen molar-refractivity contribution in [3.63, 3.8) is 0 Å². The van der Waals surface area contributed by atoms with E-state index in [1.165, 1.54) is 0 Å². The summed E-state index contributed by atoms with van der Waals surface area (Å²) in [5, 5.41) is 3.44. The zero-order chi connectivity index (χ0) is 18.2.